The van der Waals surface area contributed by atoms with Crippen LogP contribution >= 0.6 is 0 Å². The zero-order chi connectivity index (χ0) is 21.8. The van der Waals surface area contributed by atoms with Crippen molar-refractivity contribution in [2.45, 2.75) is 4.90 Å². The summed E-state index contributed by atoms with van der Waals surface area (Å²) in [4.78, 5) is 14.8. The number of methoxy groups -OCH3 is 1. The highest BCUT2D eigenvalue weighted by atomic mass is 32.2. The van der Waals surface area contributed by atoms with E-state index in [-0.39, 0.29) is 17.6 Å². The van der Waals surface area contributed by atoms with E-state index in [0.29, 0.717) is 62.1 Å². The van der Waals surface area contributed by atoms with Crippen molar-refractivity contribution in [1.82, 2.24) is 14.5 Å². The van der Waals surface area contributed by atoms with Crippen molar-refractivity contribution in [3.63, 3.8) is 0 Å². The topological polar surface area (TPSA) is 97.4 Å². The maximum atomic E-state index is 12.8. The van der Waals surface area contributed by atoms with E-state index in [1.54, 1.807) is 49.6 Å². The molecule has 1 N–H and O–H groups in total. The molecular formula is C21H25N3O6S. The summed E-state index contributed by atoms with van der Waals surface area (Å²) in [6.45, 7) is 3.31. The van der Waals surface area contributed by atoms with Gasteiger partial charge in [-0.1, -0.05) is 0 Å². The minimum absolute atomic E-state index is 0.167. The van der Waals surface area contributed by atoms with E-state index in [0.717, 1.165) is 0 Å². The summed E-state index contributed by atoms with van der Waals surface area (Å²) in [5.74, 6) is 1.64. The summed E-state index contributed by atoms with van der Waals surface area (Å²) < 4.78 is 42.8. The lowest BCUT2D eigenvalue weighted by atomic mass is 10.2. The molecule has 31 heavy (non-hydrogen) atoms. The lowest BCUT2D eigenvalue weighted by Crippen LogP contribution is -2.50. The van der Waals surface area contributed by atoms with Gasteiger partial charge >= 0.3 is 0 Å². The number of benzene rings is 2. The fourth-order valence-corrected chi connectivity index (χ4v) is 4.98. The Balaban J connectivity index is 1.24. The first kappa shape index (κ1) is 21.4. The standard InChI is InChI=1S/C21H25N3O6S/c1-28-17-3-5-18(6-4-17)31(26,27)24-12-10-23(11-13-24)9-8-22-21(25)16-2-7-19-20(14-16)30-15-29-19/h2-7,14H,8-13,15H2,1H3,(H,22,25). The predicted molar refractivity (Wildman–Crippen MR) is 113 cm³/mol. The Kier molecular flexibility index (Phi) is 6.30. The minimum atomic E-state index is -3.53. The van der Waals surface area contributed by atoms with Gasteiger partial charge in [-0.05, 0) is 42.5 Å². The van der Waals surface area contributed by atoms with E-state index in [4.69, 9.17) is 14.2 Å². The molecule has 0 saturated carbocycles. The first-order valence-electron chi connectivity index (χ1n) is 10.0. The second-order valence-electron chi connectivity index (χ2n) is 7.25. The summed E-state index contributed by atoms with van der Waals surface area (Å²) in [6, 6.07) is 11.5. The Bertz CT molecular complexity index is 1030. The number of fused-ring (bicyclic) bond motifs is 1. The Morgan fingerprint density at radius 2 is 1.74 bits per heavy atom. The van der Waals surface area contributed by atoms with Crippen LogP contribution < -0.4 is 19.5 Å². The highest BCUT2D eigenvalue weighted by molar-refractivity contribution is 7.89. The first-order chi connectivity index (χ1) is 15.0. The second-order valence-corrected chi connectivity index (χ2v) is 9.18. The van der Waals surface area contributed by atoms with E-state index >= 15 is 0 Å². The maximum Gasteiger partial charge on any atom is 0.251 e. The lowest BCUT2D eigenvalue weighted by Gasteiger charge is -2.34. The van der Waals surface area contributed by atoms with Crippen molar-refractivity contribution in [3.8, 4) is 17.2 Å². The Labute approximate surface area is 181 Å². The fraction of sp³-hybridized carbons (Fsp3) is 0.381. The first-order valence-corrected chi connectivity index (χ1v) is 11.5. The summed E-state index contributed by atoms with van der Waals surface area (Å²) in [6.07, 6.45) is 0. The van der Waals surface area contributed by atoms with Crippen molar-refractivity contribution < 1.29 is 27.4 Å². The number of nitrogens with zero attached hydrogens (tertiary/aromatic N) is 2. The third-order valence-corrected chi connectivity index (χ3v) is 7.29. The fourth-order valence-electron chi connectivity index (χ4n) is 3.56. The predicted octanol–water partition coefficient (Wildman–Crippen LogP) is 1.16. The zero-order valence-electron chi connectivity index (χ0n) is 17.2. The number of hydrogen-bond donors (Lipinski definition) is 1. The van der Waals surface area contributed by atoms with Crippen LogP contribution in [0.15, 0.2) is 47.4 Å². The Morgan fingerprint density at radius 1 is 1.03 bits per heavy atom. The third-order valence-electron chi connectivity index (χ3n) is 5.38. The molecule has 0 spiro atoms. The number of sulfonamides is 1. The van der Waals surface area contributed by atoms with Gasteiger partial charge in [0.15, 0.2) is 11.5 Å². The molecule has 2 aliphatic heterocycles. The molecule has 0 aliphatic carbocycles. The molecule has 0 aromatic heterocycles. The van der Waals surface area contributed by atoms with E-state index in [2.05, 4.69) is 10.2 Å². The highest BCUT2D eigenvalue weighted by Gasteiger charge is 2.28. The SMILES string of the molecule is COc1ccc(S(=O)(=O)N2CCN(CCNC(=O)c3ccc4c(c3)OCO4)CC2)cc1. The molecule has 9 nitrogen and oxygen atoms in total. The molecule has 0 unspecified atom stereocenters. The highest BCUT2D eigenvalue weighted by Crippen LogP contribution is 2.32. The second kappa shape index (κ2) is 9.13. The molecule has 2 aromatic rings. The zero-order valence-corrected chi connectivity index (χ0v) is 18.1. The van der Waals surface area contributed by atoms with Crippen LogP contribution in [0, 0.1) is 0 Å². The molecule has 166 valence electrons. The molecule has 2 heterocycles. The number of carbonyl (C=O) groups excluding carboxylic acids is 1. The Morgan fingerprint density at radius 3 is 2.45 bits per heavy atom. The van der Waals surface area contributed by atoms with Crippen LogP contribution in [0.1, 0.15) is 10.4 Å². The van der Waals surface area contributed by atoms with Crippen LogP contribution in [0.3, 0.4) is 0 Å². The van der Waals surface area contributed by atoms with Gasteiger partial charge < -0.3 is 19.5 Å². The maximum absolute atomic E-state index is 12.8. The van der Waals surface area contributed by atoms with E-state index < -0.39 is 10.0 Å². The van der Waals surface area contributed by atoms with Crippen molar-refractivity contribution in [2.24, 2.45) is 0 Å². The summed E-state index contributed by atoms with van der Waals surface area (Å²) in [5.41, 5.74) is 0.514. The molecule has 10 heteroatoms. The molecule has 2 aliphatic rings. The summed E-state index contributed by atoms with van der Waals surface area (Å²) in [7, 11) is -1.98. The monoisotopic (exact) mass is 447 g/mol. The summed E-state index contributed by atoms with van der Waals surface area (Å²) in [5, 5.41) is 2.89. The summed E-state index contributed by atoms with van der Waals surface area (Å²) >= 11 is 0. The van der Waals surface area contributed by atoms with Gasteiger partial charge in [0.1, 0.15) is 5.75 Å². The van der Waals surface area contributed by atoms with Crippen LogP contribution in [0.5, 0.6) is 17.2 Å². The van der Waals surface area contributed by atoms with Crippen molar-refractivity contribution in [3.05, 3.63) is 48.0 Å². The van der Waals surface area contributed by atoms with Gasteiger partial charge in [0.25, 0.3) is 5.91 Å². The van der Waals surface area contributed by atoms with Gasteiger partial charge in [-0.15, -0.1) is 0 Å². The molecule has 1 fully saturated rings. The van der Waals surface area contributed by atoms with Crippen molar-refractivity contribution >= 4 is 15.9 Å². The number of ether oxygens (including phenoxy) is 3. The van der Waals surface area contributed by atoms with E-state index in [1.807, 2.05) is 0 Å². The molecule has 0 radical (unpaired) electrons. The van der Waals surface area contributed by atoms with Crippen LogP contribution in [-0.2, 0) is 10.0 Å². The van der Waals surface area contributed by atoms with Crippen LogP contribution in [0.2, 0.25) is 0 Å². The quantitative estimate of drug-likeness (QED) is 0.680. The van der Waals surface area contributed by atoms with Gasteiger partial charge in [-0.2, -0.15) is 4.31 Å². The van der Waals surface area contributed by atoms with E-state index in [9.17, 15) is 13.2 Å². The van der Waals surface area contributed by atoms with Gasteiger partial charge in [-0.25, -0.2) is 8.42 Å². The third kappa shape index (κ3) is 4.76. The molecule has 0 atom stereocenters. The lowest BCUT2D eigenvalue weighted by molar-refractivity contribution is 0.0944. The van der Waals surface area contributed by atoms with Gasteiger partial charge in [-0.3, -0.25) is 9.69 Å². The number of amides is 1. The van der Waals surface area contributed by atoms with Crippen molar-refractivity contribution in [1.29, 1.82) is 0 Å². The molecule has 1 saturated heterocycles. The molecule has 4 rings (SSSR count). The van der Waals surface area contributed by atoms with Crippen LogP contribution in [-0.4, -0.2) is 76.7 Å². The molecular weight excluding hydrogens is 422 g/mol. The number of hydrogen-bond acceptors (Lipinski definition) is 7. The molecule has 1 amide bonds. The largest absolute Gasteiger partial charge is 0.497 e. The normalized spacial score (nSPS) is 16.8. The van der Waals surface area contributed by atoms with E-state index in [1.165, 1.54) is 4.31 Å². The van der Waals surface area contributed by atoms with Gasteiger partial charge in [0.05, 0.1) is 12.0 Å². The molecule has 2 aromatic carbocycles. The average Bonchev–Trinajstić information content (AvgIpc) is 3.27. The Hall–Kier alpha value is -2.82. The smallest absolute Gasteiger partial charge is 0.251 e. The molecule has 0 bridgehead atoms. The van der Waals surface area contributed by atoms with Crippen LogP contribution in [0.4, 0.5) is 0 Å². The number of nitrogens with one attached hydrogen (secondary N) is 1. The minimum Gasteiger partial charge on any atom is -0.497 e. The van der Waals surface area contributed by atoms with Crippen LogP contribution in [0.25, 0.3) is 0 Å². The average molecular weight is 448 g/mol. The number of rotatable bonds is 7. The van der Waals surface area contributed by atoms with Gasteiger partial charge in [0, 0.05) is 44.8 Å². The van der Waals surface area contributed by atoms with Gasteiger partial charge in [0.2, 0.25) is 16.8 Å². The number of piperazine rings is 1. The van der Waals surface area contributed by atoms with Crippen molar-refractivity contribution in [2.75, 3.05) is 53.2 Å². The number of carbonyl (C=O) groups is 1.